The molecule has 0 bridgehead atoms. The number of ether oxygens (including phenoxy) is 4. The number of aliphatic hydroxyl groups is 4. The van der Waals surface area contributed by atoms with Crippen molar-refractivity contribution in [1.29, 1.82) is 0 Å². The summed E-state index contributed by atoms with van der Waals surface area (Å²) in [6.07, 6.45) is 55.1. The molecule has 1 rings (SSSR count). The predicted molar refractivity (Wildman–Crippen MR) is 256 cm³/mol. The number of esters is 1. The lowest BCUT2D eigenvalue weighted by molar-refractivity contribution is -0.305. The molecule has 9 heteroatoms. The second kappa shape index (κ2) is 42.9. The van der Waals surface area contributed by atoms with Crippen LogP contribution in [0.4, 0.5) is 0 Å². The maximum absolute atomic E-state index is 12.8. The fraction of sp³-hybridized carbons (Fsp3) is 0.604. The molecule has 1 aliphatic heterocycles. The lowest BCUT2D eigenvalue weighted by Gasteiger charge is -2.39. The van der Waals surface area contributed by atoms with E-state index in [9.17, 15) is 25.2 Å². The van der Waals surface area contributed by atoms with E-state index in [2.05, 4.69) is 135 Å². The van der Waals surface area contributed by atoms with E-state index in [-0.39, 0.29) is 25.6 Å². The van der Waals surface area contributed by atoms with Crippen molar-refractivity contribution in [3.05, 3.63) is 122 Å². The third-order valence-corrected chi connectivity index (χ3v) is 9.87. The molecular formula is C53H84O9. The topological polar surface area (TPSA) is 135 Å². The molecule has 0 aromatic carbocycles. The molecule has 1 saturated heterocycles. The molecule has 1 aliphatic rings. The molecule has 0 radical (unpaired) electrons. The number of carbonyl (C=O) groups is 1. The van der Waals surface area contributed by atoms with Gasteiger partial charge in [-0.05, 0) is 96.3 Å². The molecule has 6 atom stereocenters. The van der Waals surface area contributed by atoms with Crippen molar-refractivity contribution in [3.63, 3.8) is 0 Å². The number of carbonyl (C=O) groups excluding carboxylic acids is 1. The average molecular weight is 865 g/mol. The summed E-state index contributed by atoms with van der Waals surface area (Å²) in [5.74, 6) is -0.382. The van der Waals surface area contributed by atoms with Crippen molar-refractivity contribution in [2.24, 2.45) is 0 Å². The Balaban J connectivity index is 2.32. The minimum absolute atomic E-state index is 0.103. The molecule has 6 unspecified atom stereocenters. The van der Waals surface area contributed by atoms with Gasteiger partial charge in [-0.15, -0.1) is 0 Å². The quantitative estimate of drug-likeness (QED) is 0.0272. The zero-order chi connectivity index (χ0) is 45.0. The van der Waals surface area contributed by atoms with Gasteiger partial charge in [-0.2, -0.15) is 0 Å². The molecule has 62 heavy (non-hydrogen) atoms. The monoisotopic (exact) mass is 865 g/mol. The maximum atomic E-state index is 12.8. The Morgan fingerprint density at radius 1 is 0.516 bits per heavy atom. The van der Waals surface area contributed by atoms with Gasteiger partial charge in [-0.3, -0.25) is 4.79 Å². The van der Waals surface area contributed by atoms with Gasteiger partial charge in [0.25, 0.3) is 0 Å². The lowest BCUT2D eigenvalue weighted by Crippen LogP contribution is -2.59. The number of unbranched alkanes of at least 4 members (excludes halogenated alkanes) is 7. The highest BCUT2D eigenvalue weighted by Crippen LogP contribution is 2.22. The van der Waals surface area contributed by atoms with Gasteiger partial charge in [-0.25, -0.2) is 0 Å². The zero-order valence-electron chi connectivity index (χ0n) is 38.3. The smallest absolute Gasteiger partial charge is 0.306 e. The van der Waals surface area contributed by atoms with E-state index in [0.29, 0.717) is 13.0 Å². The Morgan fingerprint density at radius 2 is 0.935 bits per heavy atom. The third kappa shape index (κ3) is 33.2. The van der Waals surface area contributed by atoms with E-state index in [4.69, 9.17) is 18.9 Å². The molecule has 0 amide bonds. The van der Waals surface area contributed by atoms with Gasteiger partial charge >= 0.3 is 5.97 Å². The Hall–Kier alpha value is -3.41. The van der Waals surface area contributed by atoms with Gasteiger partial charge in [0.05, 0.1) is 19.8 Å². The molecule has 9 nitrogen and oxygen atoms in total. The first-order valence-corrected chi connectivity index (χ1v) is 23.6. The highest BCUT2D eigenvalue weighted by atomic mass is 16.7. The molecular weight excluding hydrogens is 781 g/mol. The number of allylic oxidation sites excluding steroid dienone is 20. The molecule has 0 spiro atoms. The van der Waals surface area contributed by atoms with Crippen molar-refractivity contribution in [3.8, 4) is 0 Å². The van der Waals surface area contributed by atoms with Crippen LogP contribution in [0, 0.1) is 0 Å². The van der Waals surface area contributed by atoms with Crippen molar-refractivity contribution in [1.82, 2.24) is 0 Å². The Morgan fingerprint density at radius 3 is 1.40 bits per heavy atom. The Kier molecular flexibility index (Phi) is 39.1. The highest BCUT2D eigenvalue weighted by Gasteiger charge is 2.44. The molecule has 1 heterocycles. The first-order valence-electron chi connectivity index (χ1n) is 23.6. The second-order valence-corrected chi connectivity index (χ2v) is 15.4. The average Bonchev–Trinajstić information content (AvgIpc) is 3.27. The molecule has 0 aromatic heterocycles. The van der Waals surface area contributed by atoms with Crippen molar-refractivity contribution < 1.29 is 44.2 Å². The number of aliphatic hydroxyl groups excluding tert-OH is 4. The van der Waals surface area contributed by atoms with Crippen LogP contribution in [-0.4, -0.2) is 89.6 Å². The van der Waals surface area contributed by atoms with E-state index >= 15 is 0 Å². The largest absolute Gasteiger partial charge is 0.457 e. The molecule has 1 fully saturated rings. The fourth-order valence-corrected chi connectivity index (χ4v) is 6.26. The van der Waals surface area contributed by atoms with Gasteiger partial charge in [-0.1, -0.05) is 161 Å². The standard InChI is InChI=1S/C53H84O9/c1-3-5-7-9-11-13-15-17-19-21-22-23-24-25-26-27-28-30-32-34-36-38-40-42-49(55)61-47(46-60-53-52(58)51(57)50(56)48(44-54)62-53)45-59-43-41-39-37-35-33-31-29-20-18-16-14-12-10-8-6-4-2/h5-8,11-14,17-20,22-23,25-26,28,30,34,36,47-48,50-54,56-58H,3-4,9-10,15-16,21,24,27,29,31-33,35,37-46H2,1-2H3/b7-5-,8-6-,13-11-,14-12-,19-17-,20-18-,23-22-,26-25-,30-28-,36-34-. The summed E-state index contributed by atoms with van der Waals surface area (Å²) in [6.45, 7) is 4.20. The van der Waals surface area contributed by atoms with Crippen LogP contribution in [0.2, 0.25) is 0 Å². The van der Waals surface area contributed by atoms with Gasteiger partial charge in [0.15, 0.2) is 6.29 Å². The summed E-state index contributed by atoms with van der Waals surface area (Å²) in [4.78, 5) is 12.8. The van der Waals surface area contributed by atoms with Gasteiger partial charge in [0.2, 0.25) is 0 Å². The summed E-state index contributed by atoms with van der Waals surface area (Å²) >= 11 is 0. The van der Waals surface area contributed by atoms with Crippen molar-refractivity contribution in [2.75, 3.05) is 26.4 Å². The van der Waals surface area contributed by atoms with Gasteiger partial charge < -0.3 is 39.4 Å². The van der Waals surface area contributed by atoms with Crippen LogP contribution in [-0.2, 0) is 23.7 Å². The first-order chi connectivity index (χ1) is 30.4. The summed E-state index contributed by atoms with van der Waals surface area (Å²) in [5.41, 5.74) is 0. The zero-order valence-corrected chi connectivity index (χ0v) is 38.3. The third-order valence-electron chi connectivity index (χ3n) is 9.87. The molecule has 4 N–H and O–H groups in total. The van der Waals surface area contributed by atoms with E-state index in [1.807, 2.05) is 0 Å². The van der Waals surface area contributed by atoms with E-state index in [1.54, 1.807) is 0 Å². The predicted octanol–water partition coefficient (Wildman–Crippen LogP) is 11.1. The van der Waals surface area contributed by atoms with Crippen LogP contribution in [0.25, 0.3) is 0 Å². The van der Waals surface area contributed by atoms with Gasteiger partial charge in [0, 0.05) is 13.0 Å². The van der Waals surface area contributed by atoms with E-state index in [1.165, 1.54) is 19.3 Å². The molecule has 0 aromatic rings. The number of hydrogen-bond donors (Lipinski definition) is 4. The van der Waals surface area contributed by atoms with Crippen LogP contribution in [0.1, 0.15) is 142 Å². The molecule has 350 valence electrons. The summed E-state index contributed by atoms with van der Waals surface area (Å²) < 4.78 is 22.8. The Bertz CT molecular complexity index is 1350. The number of rotatable bonds is 38. The van der Waals surface area contributed by atoms with Crippen LogP contribution < -0.4 is 0 Å². The first kappa shape index (κ1) is 56.6. The van der Waals surface area contributed by atoms with Crippen LogP contribution in [0.3, 0.4) is 0 Å². The molecule has 0 saturated carbocycles. The summed E-state index contributed by atoms with van der Waals surface area (Å²) in [7, 11) is 0. The minimum Gasteiger partial charge on any atom is -0.457 e. The highest BCUT2D eigenvalue weighted by molar-refractivity contribution is 5.69. The maximum Gasteiger partial charge on any atom is 0.306 e. The Labute approximate surface area is 376 Å². The van der Waals surface area contributed by atoms with Crippen LogP contribution in [0.5, 0.6) is 0 Å². The van der Waals surface area contributed by atoms with Crippen LogP contribution >= 0.6 is 0 Å². The fourth-order valence-electron chi connectivity index (χ4n) is 6.26. The summed E-state index contributed by atoms with van der Waals surface area (Å²) in [5, 5.41) is 40.2. The number of hydrogen-bond acceptors (Lipinski definition) is 9. The normalized spacial score (nSPS) is 20.9. The van der Waals surface area contributed by atoms with Crippen molar-refractivity contribution >= 4 is 5.97 Å². The van der Waals surface area contributed by atoms with E-state index < -0.39 is 43.4 Å². The SMILES string of the molecule is CC/C=C\C/C=C\C/C=C\C/C=C\C/C=C\C/C=C\C/C=C\CCCC(=O)OC(COCCCCCCCC/C=C\C/C=C\C/C=C\CC)COC1OC(CO)C(O)C(O)C1O. The summed E-state index contributed by atoms with van der Waals surface area (Å²) in [6, 6.07) is 0. The van der Waals surface area contributed by atoms with Crippen LogP contribution in [0.15, 0.2) is 122 Å². The molecule has 0 aliphatic carbocycles. The second-order valence-electron chi connectivity index (χ2n) is 15.4. The van der Waals surface area contributed by atoms with Crippen molar-refractivity contribution in [2.45, 2.75) is 179 Å². The van der Waals surface area contributed by atoms with Gasteiger partial charge in [0.1, 0.15) is 30.5 Å². The van der Waals surface area contributed by atoms with E-state index in [0.717, 1.165) is 96.3 Å². The lowest BCUT2D eigenvalue weighted by atomic mass is 9.99. The minimum atomic E-state index is -1.56.